The second-order valence-corrected chi connectivity index (χ2v) is 23.4. The average Bonchev–Trinajstić information content (AvgIpc) is 3.31. The second kappa shape index (κ2) is 22.7. The van der Waals surface area contributed by atoms with Crippen molar-refractivity contribution < 1.29 is 57.8 Å². The Bertz CT molecular complexity index is 2210. The van der Waals surface area contributed by atoms with Gasteiger partial charge in [-0.15, -0.1) is 20.5 Å². The van der Waals surface area contributed by atoms with Crippen molar-refractivity contribution in [2.24, 2.45) is 0 Å². The van der Waals surface area contributed by atoms with Crippen LogP contribution < -0.4 is 69.1 Å². The molecule has 0 radical (unpaired) electrons. The van der Waals surface area contributed by atoms with E-state index >= 15 is 0 Å². The Balaban J connectivity index is 0.000000615. The highest BCUT2D eigenvalue weighted by Crippen LogP contribution is 2.57. The van der Waals surface area contributed by atoms with Crippen LogP contribution in [-0.2, 0) is 12.8 Å². The van der Waals surface area contributed by atoms with E-state index in [-0.39, 0.29) is 0 Å². The zero-order valence-corrected chi connectivity index (χ0v) is 38.0. The summed E-state index contributed by atoms with van der Waals surface area (Å²) in [6.45, 7) is 0. The lowest BCUT2D eigenvalue weighted by Crippen LogP contribution is -2.68. The smallest absolute Gasteiger partial charge is 0.112 e. The van der Waals surface area contributed by atoms with E-state index in [1.165, 1.54) is 54.1 Å². The van der Waals surface area contributed by atoms with Gasteiger partial charge in [0.2, 0.25) is 0 Å². The minimum absolute atomic E-state index is 0.978. The number of rotatable bonds is 13. The molecule has 0 aliphatic heterocycles. The molecule has 0 aromatic heterocycles. The molecule has 0 saturated carbocycles. The van der Waals surface area contributed by atoms with Gasteiger partial charge >= 0.3 is 0 Å². The first kappa shape index (κ1) is 48.3. The second-order valence-electron chi connectivity index (χ2n) is 14.7. The van der Waals surface area contributed by atoms with Gasteiger partial charge < -0.3 is 0 Å². The van der Waals surface area contributed by atoms with Crippen LogP contribution in [0.15, 0.2) is 231 Å². The monoisotopic (exact) mass is 930 g/mol. The Kier molecular flexibility index (Phi) is 17.1. The molecule has 0 amide bonds. The SMILES string of the molecule is [O-][Cl+3]([O-])([O-])[O-].[O-][Cl+3]([O-])([O-])[O-].c1ccc([P+](CCc2ccccc2-c2ccccc2CC[P+](c2ccccc2)(c2ccccc2)c2ccccc2)(c2ccccc2)c2ccccc2)cc1. The van der Waals surface area contributed by atoms with E-state index in [0.29, 0.717) is 0 Å². The molecular formula is C52H46Cl2O8P2. The molecule has 0 spiro atoms. The van der Waals surface area contributed by atoms with Crippen molar-refractivity contribution in [3.63, 3.8) is 0 Å². The quantitative estimate of drug-likeness (QED) is 0.153. The van der Waals surface area contributed by atoms with Crippen LogP contribution in [0.3, 0.4) is 0 Å². The average molecular weight is 932 g/mol. The van der Waals surface area contributed by atoms with E-state index in [0.717, 1.165) is 25.2 Å². The van der Waals surface area contributed by atoms with Crippen molar-refractivity contribution in [2.75, 3.05) is 12.3 Å². The maximum Gasteiger partial charge on any atom is 0.112 e. The highest BCUT2D eigenvalue weighted by atomic mass is 35.7. The van der Waals surface area contributed by atoms with Crippen LogP contribution in [0, 0.1) is 20.5 Å². The summed E-state index contributed by atoms with van der Waals surface area (Å²) in [5.41, 5.74) is 5.52. The Hall–Kier alpha value is -5.12. The zero-order chi connectivity index (χ0) is 45.5. The van der Waals surface area contributed by atoms with E-state index in [2.05, 4.69) is 231 Å². The normalized spacial score (nSPS) is 11.7. The topological polar surface area (TPSA) is 184 Å². The summed E-state index contributed by atoms with van der Waals surface area (Å²) in [6, 6.07) is 86.0. The Labute approximate surface area is 380 Å². The molecule has 8 nitrogen and oxygen atoms in total. The Morgan fingerprint density at radius 1 is 0.250 bits per heavy atom. The van der Waals surface area contributed by atoms with E-state index in [1.807, 2.05) is 0 Å². The summed E-state index contributed by atoms with van der Waals surface area (Å²) in [5.74, 6) is 0. The highest BCUT2D eigenvalue weighted by Gasteiger charge is 2.46. The number of hydrogen-bond acceptors (Lipinski definition) is 8. The lowest BCUT2D eigenvalue weighted by atomic mass is 9.93. The van der Waals surface area contributed by atoms with Gasteiger partial charge in [0.25, 0.3) is 0 Å². The molecule has 0 bridgehead atoms. The molecule has 326 valence electrons. The van der Waals surface area contributed by atoms with Crippen LogP contribution >= 0.6 is 14.5 Å². The highest BCUT2D eigenvalue weighted by molar-refractivity contribution is 7.96. The van der Waals surface area contributed by atoms with Gasteiger partial charge in [0, 0.05) is 12.8 Å². The van der Waals surface area contributed by atoms with Crippen LogP contribution in [0.1, 0.15) is 11.1 Å². The molecule has 0 fully saturated rings. The van der Waals surface area contributed by atoms with Gasteiger partial charge in [0.15, 0.2) is 0 Å². The maximum atomic E-state index is 8.49. The molecule has 0 aliphatic carbocycles. The van der Waals surface area contributed by atoms with Crippen molar-refractivity contribution in [2.45, 2.75) is 12.8 Å². The molecule has 0 aliphatic rings. The standard InChI is InChI=1S/C52H46P2.2ClHO4/c1-7-25-45(26-8-1)53(46-27-9-2-10-28-46,47-29-11-3-12-30-47)41-39-43-23-19-21-37-51(43)52-38-22-20-24-44(52)40-42-54(48-31-13-4-14-32-48,49-33-15-5-16-34-49)50-35-17-6-18-36-50;2*2-1(3,4)5/h1-38H,39-42H2;2*(H,2,3,4,5)/q+2;;/p-2. The largest absolute Gasteiger partial charge is 0.222 e. The third-order valence-corrected chi connectivity index (χ3v) is 19.8. The number of aryl methyl sites for hydroxylation is 2. The Morgan fingerprint density at radius 3 is 0.625 bits per heavy atom. The van der Waals surface area contributed by atoms with Crippen molar-refractivity contribution in [3.05, 3.63) is 242 Å². The van der Waals surface area contributed by atoms with Crippen molar-refractivity contribution in [3.8, 4) is 11.1 Å². The number of benzene rings is 8. The third kappa shape index (κ3) is 13.0. The van der Waals surface area contributed by atoms with Crippen LogP contribution in [0.4, 0.5) is 0 Å². The van der Waals surface area contributed by atoms with Gasteiger partial charge in [-0.3, -0.25) is 0 Å². The molecule has 0 unspecified atom stereocenters. The summed E-state index contributed by atoms with van der Waals surface area (Å²) in [7, 11) is -13.8. The minimum atomic E-state index is -4.94. The van der Waals surface area contributed by atoms with E-state index in [4.69, 9.17) is 37.3 Å². The summed E-state index contributed by atoms with van der Waals surface area (Å²) < 4.78 is 67.9. The number of halogens is 2. The van der Waals surface area contributed by atoms with Gasteiger partial charge in [-0.2, -0.15) is 0 Å². The summed E-state index contributed by atoms with van der Waals surface area (Å²) in [6.07, 6.45) is 4.06. The predicted octanol–water partition coefficient (Wildman–Crippen LogP) is 0.915. The molecule has 12 heteroatoms. The maximum absolute atomic E-state index is 8.49. The molecule has 0 N–H and O–H groups in total. The summed E-state index contributed by atoms with van der Waals surface area (Å²) in [5, 5.41) is 8.60. The third-order valence-electron chi connectivity index (χ3n) is 10.9. The minimum Gasteiger partial charge on any atom is -0.222 e. The molecule has 8 aromatic carbocycles. The van der Waals surface area contributed by atoms with Gasteiger partial charge in [0.1, 0.15) is 46.4 Å². The van der Waals surface area contributed by atoms with Crippen LogP contribution in [0.5, 0.6) is 0 Å². The molecule has 0 saturated heterocycles. The lowest BCUT2D eigenvalue weighted by molar-refractivity contribution is -2.00. The van der Waals surface area contributed by atoms with Crippen molar-refractivity contribution >= 4 is 46.4 Å². The summed E-state index contributed by atoms with van der Waals surface area (Å²) in [4.78, 5) is 0. The van der Waals surface area contributed by atoms with Crippen LogP contribution in [0.2, 0.25) is 0 Å². The molecule has 0 atom stereocenters. The van der Waals surface area contributed by atoms with Gasteiger partial charge in [0.05, 0.1) is 12.3 Å². The van der Waals surface area contributed by atoms with Crippen LogP contribution in [0.25, 0.3) is 11.1 Å². The van der Waals surface area contributed by atoms with Gasteiger partial charge in [-0.1, -0.05) is 158 Å². The van der Waals surface area contributed by atoms with Crippen LogP contribution in [-0.4, -0.2) is 12.3 Å². The molecule has 8 aromatic rings. The van der Waals surface area contributed by atoms with Crippen molar-refractivity contribution in [1.82, 2.24) is 0 Å². The van der Waals surface area contributed by atoms with E-state index < -0.39 is 35.0 Å². The Morgan fingerprint density at radius 2 is 0.422 bits per heavy atom. The zero-order valence-electron chi connectivity index (χ0n) is 34.7. The predicted molar refractivity (Wildman–Crippen MR) is 239 cm³/mol. The van der Waals surface area contributed by atoms with Crippen molar-refractivity contribution in [1.29, 1.82) is 0 Å². The van der Waals surface area contributed by atoms with E-state index in [9.17, 15) is 0 Å². The lowest BCUT2D eigenvalue weighted by Gasteiger charge is -2.28. The fraction of sp³-hybridized carbons (Fsp3) is 0.0769. The number of hydrogen-bond donors (Lipinski definition) is 0. The van der Waals surface area contributed by atoms with Gasteiger partial charge in [-0.05, 0) is 95.1 Å². The molecule has 8 rings (SSSR count). The molecular weight excluding hydrogens is 885 g/mol. The fourth-order valence-corrected chi connectivity index (χ4v) is 16.9. The first-order valence-electron chi connectivity index (χ1n) is 20.3. The fourth-order valence-electron chi connectivity index (χ4n) is 8.34. The first-order valence-corrected chi connectivity index (χ1v) is 26.7. The van der Waals surface area contributed by atoms with Gasteiger partial charge in [-0.25, -0.2) is 37.3 Å². The van der Waals surface area contributed by atoms with E-state index in [1.54, 1.807) is 0 Å². The molecule has 0 heterocycles. The summed E-state index contributed by atoms with van der Waals surface area (Å²) >= 11 is 0. The molecule has 64 heavy (non-hydrogen) atoms. The first-order chi connectivity index (χ1) is 30.8.